The van der Waals surface area contributed by atoms with Crippen LogP contribution in [0.25, 0.3) is 5.69 Å². The van der Waals surface area contributed by atoms with E-state index in [1.807, 2.05) is 31.2 Å². The number of hydrogen-bond donors (Lipinski definition) is 1. The lowest BCUT2D eigenvalue weighted by Crippen LogP contribution is -2.33. The summed E-state index contributed by atoms with van der Waals surface area (Å²) in [6, 6.07) is 7.64. The molecule has 6 nitrogen and oxygen atoms in total. The van der Waals surface area contributed by atoms with Crippen molar-refractivity contribution >= 4 is 10.0 Å². The molecule has 0 bridgehead atoms. The Morgan fingerprint density at radius 3 is 2.52 bits per heavy atom. The predicted octanol–water partition coefficient (Wildman–Crippen LogP) is 1.18. The zero-order valence-corrected chi connectivity index (χ0v) is 12.9. The highest BCUT2D eigenvalue weighted by Gasteiger charge is 2.24. The molecular weight excluding hydrogens is 290 g/mol. The Bertz CT molecular complexity index is 693. The molecule has 0 aliphatic rings. The molecule has 1 aromatic heterocycles. The van der Waals surface area contributed by atoms with Crippen LogP contribution in [0.5, 0.6) is 0 Å². The highest BCUT2D eigenvalue weighted by Crippen LogP contribution is 2.17. The summed E-state index contributed by atoms with van der Waals surface area (Å²) in [6.45, 7) is 3.89. The molecule has 2 rings (SSSR count). The molecule has 0 atom stereocenters. The number of aliphatic hydroxyl groups excluding tert-OH is 1. The van der Waals surface area contributed by atoms with Gasteiger partial charge in [-0.2, -0.15) is 9.40 Å². The molecule has 7 heteroatoms. The Balaban J connectivity index is 2.32. The average Bonchev–Trinajstić information content (AvgIpc) is 2.96. The normalized spacial score (nSPS) is 12.0. The van der Waals surface area contributed by atoms with E-state index in [-0.39, 0.29) is 18.0 Å². The van der Waals surface area contributed by atoms with E-state index in [0.717, 1.165) is 11.3 Å². The minimum atomic E-state index is -3.62. The molecule has 1 N–H and O–H groups in total. The lowest BCUT2D eigenvalue weighted by atomic mass is 10.2. The highest BCUT2D eigenvalue weighted by atomic mass is 32.2. The van der Waals surface area contributed by atoms with E-state index in [1.54, 1.807) is 6.92 Å². The zero-order valence-electron chi connectivity index (χ0n) is 12.1. The maximum absolute atomic E-state index is 12.4. The molecule has 2 aromatic rings. The Labute approximate surface area is 124 Å². The fraction of sp³-hybridized carbons (Fsp3) is 0.357. The van der Waals surface area contributed by atoms with E-state index in [1.165, 1.54) is 21.4 Å². The van der Waals surface area contributed by atoms with Crippen LogP contribution in [0.4, 0.5) is 0 Å². The van der Waals surface area contributed by atoms with Gasteiger partial charge in [-0.1, -0.05) is 24.6 Å². The topological polar surface area (TPSA) is 75.4 Å². The molecule has 0 radical (unpaired) electrons. The SMILES string of the molecule is CCN(CCO)S(=O)(=O)c1cnn(-c2ccc(C)cc2)c1. The van der Waals surface area contributed by atoms with Crippen molar-refractivity contribution in [3.05, 3.63) is 42.2 Å². The monoisotopic (exact) mass is 309 g/mol. The molecule has 0 spiro atoms. The first-order valence-electron chi connectivity index (χ1n) is 6.71. The van der Waals surface area contributed by atoms with Crippen molar-refractivity contribution in [3.63, 3.8) is 0 Å². The summed E-state index contributed by atoms with van der Waals surface area (Å²) < 4.78 is 27.6. The smallest absolute Gasteiger partial charge is 0.246 e. The minimum absolute atomic E-state index is 0.0779. The Hall–Kier alpha value is -1.70. The van der Waals surface area contributed by atoms with Gasteiger partial charge in [-0.3, -0.25) is 0 Å². The molecule has 1 aromatic carbocycles. The van der Waals surface area contributed by atoms with Crippen LogP contribution in [0.3, 0.4) is 0 Å². The summed E-state index contributed by atoms with van der Waals surface area (Å²) in [5.74, 6) is 0. The maximum Gasteiger partial charge on any atom is 0.246 e. The van der Waals surface area contributed by atoms with Crippen LogP contribution in [0.2, 0.25) is 0 Å². The number of likely N-dealkylation sites (N-methyl/N-ethyl adjacent to an activating group) is 1. The minimum Gasteiger partial charge on any atom is -0.395 e. The van der Waals surface area contributed by atoms with Gasteiger partial charge >= 0.3 is 0 Å². The molecule has 0 amide bonds. The number of hydrogen-bond acceptors (Lipinski definition) is 4. The van der Waals surface area contributed by atoms with Gasteiger partial charge in [0.15, 0.2) is 0 Å². The van der Waals surface area contributed by atoms with E-state index in [9.17, 15) is 8.42 Å². The van der Waals surface area contributed by atoms with E-state index in [4.69, 9.17) is 5.11 Å². The molecule has 0 saturated carbocycles. The first-order chi connectivity index (χ1) is 9.98. The third kappa shape index (κ3) is 3.31. The second kappa shape index (κ2) is 6.38. The van der Waals surface area contributed by atoms with Crippen LogP contribution in [0, 0.1) is 6.92 Å². The van der Waals surface area contributed by atoms with Crippen molar-refractivity contribution < 1.29 is 13.5 Å². The van der Waals surface area contributed by atoms with Crippen LogP contribution in [0.15, 0.2) is 41.6 Å². The zero-order chi connectivity index (χ0) is 15.5. The second-order valence-electron chi connectivity index (χ2n) is 4.68. The van der Waals surface area contributed by atoms with Crippen LogP contribution in [0.1, 0.15) is 12.5 Å². The third-order valence-electron chi connectivity index (χ3n) is 3.20. The quantitative estimate of drug-likeness (QED) is 0.869. The van der Waals surface area contributed by atoms with Crippen LogP contribution in [-0.4, -0.2) is 47.3 Å². The molecule has 1 heterocycles. The van der Waals surface area contributed by atoms with Gasteiger partial charge in [0.05, 0.1) is 24.7 Å². The fourth-order valence-electron chi connectivity index (χ4n) is 1.99. The number of aryl methyl sites for hydroxylation is 1. The number of benzene rings is 1. The van der Waals surface area contributed by atoms with Crippen LogP contribution in [-0.2, 0) is 10.0 Å². The lowest BCUT2D eigenvalue weighted by molar-refractivity contribution is 0.257. The first-order valence-corrected chi connectivity index (χ1v) is 8.15. The average molecular weight is 309 g/mol. The molecule has 0 aliphatic carbocycles. The van der Waals surface area contributed by atoms with E-state index < -0.39 is 10.0 Å². The number of rotatable bonds is 6. The third-order valence-corrected chi connectivity index (χ3v) is 5.12. The van der Waals surface area contributed by atoms with Gasteiger partial charge in [0.25, 0.3) is 0 Å². The molecular formula is C14H19N3O3S. The summed E-state index contributed by atoms with van der Waals surface area (Å²) >= 11 is 0. The first kappa shape index (κ1) is 15.7. The maximum atomic E-state index is 12.4. The summed E-state index contributed by atoms with van der Waals surface area (Å²) in [5, 5.41) is 13.1. The fourth-order valence-corrected chi connectivity index (χ4v) is 3.36. The summed E-state index contributed by atoms with van der Waals surface area (Å²) in [6.07, 6.45) is 2.81. The van der Waals surface area contributed by atoms with Crippen molar-refractivity contribution in [2.75, 3.05) is 19.7 Å². The van der Waals surface area contributed by atoms with Gasteiger partial charge in [-0.25, -0.2) is 13.1 Å². The Morgan fingerprint density at radius 1 is 1.29 bits per heavy atom. The summed E-state index contributed by atoms with van der Waals surface area (Å²) in [4.78, 5) is 0.123. The molecule has 0 aliphatic heterocycles. The van der Waals surface area contributed by atoms with Crippen molar-refractivity contribution in [1.82, 2.24) is 14.1 Å². The van der Waals surface area contributed by atoms with Crippen molar-refractivity contribution in [2.24, 2.45) is 0 Å². The Morgan fingerprint density at radius 2 is 1.95 bits per heavy atom. The lowest BCUT2D eigenvalue weighted by Gasteiger charge is -2.17. The largest absolute Gasteiger partial charge is 0.395 e. The van der Waals surface area contributed by atoms with Crippen molar-refractivity contribution in [3.8, 4) is 5.69 Å². The summed E-state index contributed by atoms with van der Waals surface area (Å²) in [5.41, 5.74) is 1.92. The molecule has 0 saturated heterocycles. The molecule has 114 valence electrons. The Kier molecular flexibility index (Phi) is 4.76. The van der Waals surface area contributed by atoms with Gasteiger partial charge < -0.3 is 5.11 Å². The number of aliphatic hydroxyl groups is 1. The standard InChI is InChI=1S/C14H19N3O3S/c1-3-16(8-9-18)21(19,20)14-10-15-17(11-14)13-6-4-12(2)5-7-13/h4-7,10-11,18H,3,8-9H2,1-2H3. The second-order valence-corrected chi connectivity index (χ2v) is 6.61. The van der Waals surface area contributed by atoms with E-state index >= 15 is 0 Å². The molecule has 0 fully saturated rings. The van der Waals surface area contributed by atoms with Gasteiger partial charge in [-0.05, 0) is 19.1 Å². The van der Waals surface area contributed by atoms with Gasteiger partial charge in [0.1, 0.15) is 4.90 Å². The summed E-state index contributed by atoms with van der Waals surface area (Å²) in [7, 11) is -3.62. The van der Waals surface area contributed by atoms with E-state index in [0.29, 0.717) is 6.54 Å². The van der Waals surface area contributed by atoms with Gasteiger partial charge in [-0.15, -0.1) is 0 Å². The van der Waals surface area contributed by atoms with Gasteiger partial charge in [0.2, 0.25) is 10.0 Å². The predicted molar refractivity (Wildman–Crippen MR) is 79.8 cm³/mol. The number of sulfonamides is 1. The van der Waals surface area contributed by atoms with E-state index in [2.05, 4.69) is 5.10 Å². The molecule has 21 heavy (non-hydrogen) atoms. The highest BCUT2D eigenvalue weighted by molar-refractivity contribution is 7.89. The number of nitrogens with zero attached hydrogens (tertiary/aromatic N) is 3. The van der Waals surface area contributed by atoms with Gasteiger partial charge in [0, 0.05) is 13.1 Å². The van der Waals surface area contributed by atoms with Crippen molar-refractivity contribution in [1.29, 1.82) is 0 Å². The van der Waals surface area contributed by atoms with Crippen LogP contribution >= 0.6 is 0 Å². The van der Waals surface area contributed by atoms with Crippen molar-refractivity contribution in [2.45, 2.75) is 18.7 Å². The van der Waals surface area contributed by atoms with Crippen LogP contribution < -0.4 is 0 Å². The molecule has 0 unspecified atom stereocenters. The number of aromatic nitrogens is 2.